The lowest BCUT2D eigenvalue weighted by atomic mass is 9.77. The van der Waals surface area contributed by atoms with Crippen LogP contribution in [0.15, 0.2) is 23.0 Å². The van der Waals surface area contributed by atoms with Crippen LogP contribution in [0, 0.1) is 17.8 Å². The Morgan fingerprint density at radius 3 is 1.72 bits per heavy atom. The smallest absolute Gasteiger partial charge is 0.323 e. The molecule has 0 aliphatic carbocycles. The predicted octanol–water partition coefficient (Wildman–Crippen LogP) is 8.96. The van der Waals surface area contributed by atoms with Gasteiger partial charge in [-0.05, 0) is 42.9 Å². The fourth-order valence-electron chi connectivity index (χ4n) is 5.62. The van der Waals surface area contributed by atoms with E-state index < -0.39 is 0 Å². The van der Waals surface area contributed by atoms with Gasteiger partial charge in [0.1, 0.15) is 0 Å². The van der Waals surface area contributed by atoms with Crippen molar-refractivity contribution < 1.29 is 4.79 Å². The molecule has 5 heteroatoms. The second-order valence-corrected chi connectivity index (χ2v) is 11.1. The van der Waals surface area contributed by atoms with Gasteiger partial charge in [-0.2, -0.15) is 0 Å². The number of aromatic nitrogens is 2. The summed E-state index contributed by atoms with van der Waals surface area (Å²) >= 11 is 0. The number of carbonyl (C=O) groups excluding carboxylic acids is 1. The Morgan fingerprint density at radius 2 is 1.19 bits per heavy atom. The molecule has 204 valence electrons. The van der Waals surface area contributed by atoms with Crippen molar-refractivity contribution >= 4 is 22.6 Å². The third-order valence-electron chi connectivity index (χ3n) is 7.84. The van der Waals surface area contributed by atoms with Crippen LogP contribution in [0.2, 0.25) is 0 Å². The molecule has 3 atom stereocenters. The number of benzene rings is 1. The van der Waals surface area contributed by atoms with Crippen molar-refractivity contribution in [3.63, 3.8) is 0 Å². The number of anilines is 1. The zero-order valence-corrected chi connectivity index (χ0v) is 23.6. The first-order chi connectivity index (χ1) is 17.5. The molecule has 1 aromatic carbocycles. The third-order valence-corrected chi connectivity index (χ3v) is 7.84. The minimum Gasteiger partial charge on any atom is -0.326 e. The van der Waals surface area contributed by atoms with Gasteiger partial charge in [0.25, 0.3) is 0 Å². The molecule has 0 bridgehead atoms. The van der Waals surface area contributed by atoms with Gasteiger partial charge in [0.15, 0.2) is 0 Å². The number of rotatable bonds is 20. The molecule has 1 aromatic heterocycles. The number of hydrogen-bond donors (Lipinski definition) is 3. The molecule has 0 aliphatic heterocycles. The SMILES string of the molecule is CCCCCCCCCCC(C)C(C(=O)Nc1ccc2[nH]c(=O)[nH]c2c1)C(C)CCCCCCCC. The molecule has 0 spiro atoms. The number of carbonyl (C=O) groups is 1. The third kappa shape index (κ3) is 10.9. The maximum Gasteiger partial charge on any atom is 0.323 e. The van der Waals surface area contributed by atoms with Gasteiger partial charge >= 0.3 is 5.69 Å². The van der Waals surface area contributed by atoms with Crippen LogP contribution in [0.4, 0.5) is 5.69 Å². The molecule has 0 aliphatic rings. The van der Waals surface area contributed by atoms with E-state index in [1.807, 2.05) is 18.2 Å². The zero-order chi connectivity index (χ0) is 26.2. The molecule has 5 nitrogen and oxygen atoms in total. The lowest BCUT2D eigenvalue weighted by Crippen LogP contribution is -2.33. The zero-order valence-electron chi connectivity index (χ0n) is 23.6. The highest BCUT2D eigenvalue weighted by molar-refractivity contribution is 5.94. The summed E-state index contributed by atoms with van der Waals surface area (Å²) in [6, 6.07) is 5.58. The average molecular weight is 500 g/mol. The highest BCUT2D eigenvalue weighted by Gasteiger charge is 2.30. The Kier molecular flexibility index (Phi) is 14.6. The lowest BCUT2D eigenvalue weighted by Gasteiger charge is -2.29. The largest absolute Gasteiger partial charge is 0.326 e. The number of hydrogen-bond acceptors (Lipinski definition) is 2. The molecule has 36 heavy (non-hydrogen) atoms. The molecule has 3 N–H and O–H groups in total. The van der Waals surface area contributed by atoms with Gasteiger partial charge in [0, 0.05) is 11.6 Å². The number of nitrogens with one attached hydrogen (secondary N) is 3. The minimum atomic E-state index is -0.224. The van der Waals surface area contributed by atoms with E-state index in [1.54, 1.807) is 0 Å². The number of amides is 1. The molecule has 2 rings (SSSR count). The van der Waals surface area contributed by atoms with E-state index in [1.165, 1.54) is 89.9 Å². The van der Waals surface area contributed by atoms with E-state index in [-0.39, 0.29) is 17.5 Å². The van der Waals surface area contributed by atoms with Crippen LogP contribution in [0.3, 0.4) is 0 Å². The normalized spacial score (nSPS) is 14.1. The molecule has 0 saturated heterocycles. The Balaban J connectivity index is 1.93. The van der Waals surface area contributed by atoms with E-state index in [2.05, 4.69) is 43.0 Å². The van der Waals surface area contributed by atoms with E-state index in [0.717, 1.165) is 29.6 Å². The van der Waals surface area contributed by atoms with E-state index in [4.69, 9.17) is 0 Å². The van der Waals surface area contributed by atoms with Crippen molar-refractivity contribution in [3.05, 3.63) is 28.7 Å². The Bertz CT molecular complexity index is 916. The molecule has 3 unspecified atom stereocenters. The minimum absolute atomic E-state index is 0.00571. The Morgan fingerprint density at radius 1 is 0.722 bits per heavy atom. The first-order valence-electron chi connectivity index (χ1n) is 15.0. The van der Waals surface area contributed by atoms with Crippen LogP contribution in [0.5, 0.6) is 0 Å². The molecule has 0 fully saturated rings. The van der Waals surface area contributed by atoms with Gasteiger partial charge in [0.05, 0.1) is 11.0 Å². The summed E-state index contributed by atoms with van der Waals surface area (Å²) in [5.74, 6) is 0.843. The van der Waals surface area contributed by atoms with Crippen molar-refractivity contribution in [2.75, 3.05) is 5.32 Å². The van der Waals surface area contributed by atoms with Gasteiger partial charge < -0.3 is 15.3 Å². The highest BCUT2D eigenvalue weighted by Crippen LogP contribution is 2.31. The quantitative estimate of drug-likeness (QED) is 0.159. The topological polar surface area (TPSA) is 77.8 Å². The van der Waals surface area contributed by atoms with Gasteiger partial charge in [-0.1, -0.05) is 118 Å². The van der Waals surface area contributed by atoms with Crippen LogP contribution in [0.25, 0.3) is 11.0 Å². The molecule has 2 aromatic rings. The van der Waals surface area contributed by atoms with E-state index >= 15 is 0 Å². The number of H-pyrrole nitrogens is 2. The highest BCUT2D eigenvalue weighted by atomic mass is 16.2. The van der Waals surface area contributed by atoms with Crippen molar-refractivity contribution in [2.24, 2.45) is 17.8 Å². The molecule has 0 saturated carbocycles. The molecule has 1 amide bonds. The van der Waals surface area contributed by atoms with Crippen LogP contribution in [-0.4, -0.2) is 15.9 Å². The van der Waals surface area contributed by atoms with Crippen molar-refractivity contribution in [3.8, 4) is 0 Å². The molecular formula is C31H53N3O2. The van der Waals surface area contributed by atoms with Crippen LogP contribution >= 0.6 is 0 Å². The summed E-state index contributed by atoms with van der Waals surface area (Å²) in [5.41, 5.74) is 2.01. The van der Waals surface area contributed by atoms with Crippen LogP contribution in [0.1, 0.15) is 130 Å². The molecule has 0 radical (unpaired) electrons. The number of aromatic amines is 2. The van der Waals surface area contributed by atoms with Crippen molar-refractivity contribution in [2.45, 2.75) is 130 Å². The Labute approximate surface area is 219 Å². The predicted molar refractivity (Wildman–Crippen MR) is 155 cm³/mol. The summed E-state index contributed by atoms with van der Waals surface area (Å²) in [4.78, 5) is 30.7. The second-order valence-electron chi connectivity index (χ2n) is 11.1. The summed E-state index contributed by atoms with van der Waals surface area (Å²) in [5, 5.41) is 3.18. The van der Waals surface area contributed by atoms with Crippen LogP contribution in [-0.2, 0) is 4.79 Å². The monoisotopic (exact) mass is 499 g/mol. The van der Waals surface area contributed by atoms with Gasteiger partial charge in [-0.15, -0.1) is 0 Å². The number of fused-ring (bicyclic) bond motifs is 1. The van der Waals surface area contributed by atoms with E-state index in [9.17, 15) is 9.59 Å². The summed E-state index contributed by atoms with van der Waals surface area (Å²) in [6.07, 6.45) is 20.4. The van der Waals surface area contributed by atoms with Crippen molar-refractivity contribution in [1.29, 1.82) is 0 Å². The van der Waals surface area contributed by atoms with E-state index in [0.29, 0.717) is 11.8 Å². The lowest BCUT2D eigenvalue weighted by molar-refractivity contribution is -0.123. The van der Waals surface area contributed by atoms with Gasteiger partial charge in [-0.25, -0.2) is 4.79 Å². The maximum absolute atomic E-state index is 13.6. The number of imidazole rings is 1. The molecule has 1 heterocycles. The second kappa shape index (κ2) is 17.4. The number of unbranched alkanes of at least 4 members (excludes halogenated alkanes) is 12. The fraction of sp³-hybridized carbons (Fsp3) is 0.742. The summed E-state index contributed by atoms with van der Waals surface area (Å²) in [6.45, 7) is 9.06. The van der Waals surface area contributed by atoms with Gasteiger partial charge in [-0.3, -0.25) is 4.79 Å². The first-order valence-corrected chi connectivity index (χ1v) is 15.0. The fourth-order valence-corrected chi connectivity index (χ4v) is 5.62. The maximum atomic E-state index is 13.6. The standard InChI is InChI=1S/C31H53N3O2/c1-5-7-9-11-13-14-16-18-20-25(4)29(24(3)19-17-15-12-10-8-6-2)30(35)32-26-21-22-27-28(23-26)34-31(36)33-27/h21-25,29H,5-20H2,1-4H3,(H,32,35)(H2,33,34,36). The molecular weight excluding hydrogens is 446 g/mol. The first kappa shape index (κ1) is 30.2. The van der Waals surface area contributed by atoms with Crippen molar-refractivity contribution in [1.82, 2.24) is 9.97 Å². The van der Waals surface area contributed by atoms with Crippen LogP contribution < -0.4 is 11.0 Å². The average Bonchev–Trinajstić information content (AvgIpc) is 3.22. The summed E-state index contributed by atoms with van der Waals surface area (Å²) < 4.78 is 0. The Hall–Kier alpha value is -2.04. The van der Waals surface area contributed by atoms with Gasteiger partial charge in [0.2, 0.25) is 5.91 Å². The summed E-state index contributed by atoms with van der Waals surface area (Å²) in [7, 11) is 0.